The van der Waals surface area contributed by atoms with E-state index in [-0.39, 0.29) is 20.1 Å². The molecule has 2 aromatic rings. The fourth-order valence-corrected chi connectivity index (χ4v) is 1.07. The van der Waals surface area contributed by atoms with Gasteiger partial charge in [-0.25, -0.2) is 0 Å². The number of nitrogens with zero attached hydrogens (tertiary/aromatic N) is 1. The molecule has 0 aliphatic heterocycles. The largest absolute Gasteiger partial charge is 0.305 e. The number of hydrogen-bond donors (Lipinski definition) is 0. The maximum Gasteiger partial charge on any atom is 0.0160 e. The fourth-order valence-electron chi connectivity index (χ4n) is 1.07. The Balaban J connectivity index is 0.000000453. The van der Waals surface area contributed by atoms with Gasteiger partial charge in [0.25, 0.3) is 0 Å². The summed E-state index contributed by atoms with van der Waals surface area (Å²) in [4.78, 5) is 4.22. The Morgan fingerprint density at radius 1 is 1.00 bits per heavy atom. The van der Waals surface area contributed by atoms with Gasteiger partial charge in [-0.2, -0.15) is 0 Å². The van der Waals surface area contributed by atoms with Crippen molar-refractivity contribution in [1.82, 2.24) is 4.98 Å². The van der Waals surface area contributed by atoms with Gasteiger partial charge in [0.15, 0.2) is 0 Å². The summed E-state index contributed by atoms with van der Waals surface area (Å²) in [5, 5.41) is 0. The van der Waals surface area contributed by atoms with E-state index >= 15 is 0 Å². The molecule has 0 amide bonds. The van der Waals surface area contributed by atoms with E-state index in [9.17, 15) is 0 Å². The van der Waals surface area contributed by atoms with Gasteiger partial charge in [0, 0.05) is 26.3 Å². The minimum atomic E-state index is 0. The smallest absolute Gasteiger partial charge is 0.0160 e. The molecule has 2 rings (SSSR count). The topological polar surface area (TPSA) is 12.9 Å². The monoisotopic (exact) mass is 441 g/mol. The Morgan fingerprint density at radius 3 is 2.18 bits per heavy atom. The summed E-state index contributed by atoms with van der Waals surface area (Å²) in [5.74, 6) is 0. The maximum atomic E-state index is 4.22. The van der Waals surface area contributed by atoms with Crippen LogP contribution in [0.4, 0.5) is 0 Å². The van der Waals surface area contributed by atoms with Gasteiger partial charge in [0.1, 0.15) is 0 Å². The normalized spacial score (nSPS) is 8.59. The van der Waals surface area contributed by atoms with E-state index in [1.807, 2.05) is 42.5 Å². The number of hydrogen-bond acceptors (Lipinski definition) is 1. The van der Waals surface area contributed by atoms with E-state index in [0.29, 0.717) is 0 Å². The Labute approximate surface area is 122 Å². The quantitative estimate of drug-likeness (QED) is 0.516. The zero-order valence-electron chi connectivity index (χ0n) is 9.47. The van der Waals surface area contributed by atoms with E-state index in [1.54, 1.807) is 6.20 Å². The Bertz CT molecular complexity index is 342. The average Bonchev–Trinajstić information content (AvgIpc) is 2.41. The molecule has 1 heterocycles. The standard InChI is InChI=1S/C11H8N.C2H8P2.Ir/c1-2-6-10(7-3-1)11-8-4-5-9-12-11;3-1-2-4;/h1-6,8-9H;1-4H2;/q-1;;. The molecule has 0 N–H and O–H groups in total. The van der Waals surface area contributed by atoms with Crippen LogP contribution in [0.3, 0.4) is 0 Å². The third kappa shape index (κ3) is 7.02. The molecular formula is C13H16IrNP2-. The summed E-state index contributed by atoms with van der Waals surface area (Å²) in [6.07, 6.45) is 4.19. The van der Waals surface area contributed by atoms with Crippen LogP contribution in [0.1, 0.15) is 0 Å². The van der Waals surface area contributed by atoms with Crippen LogP contribution < -0.4 is 0 Å². The fraction of sp³-hybridized carbons (Fsp3) is 0.154. The van der Waals surface area contributed by atoms with Crippen LogP contribution in [0, 0.1) is 6.07 Å². The first-order chi connectivity index (χ1) is 7.88. The number of rotatable bonds is 2. The van der Waals surface area contributed by atoms with E-state index in [4.69, 9.17) is 0 Å². The summed E-state index contributed by atoms with van der Waals surface area (Å²) < 4.78 is 0. The first-order valence-electron chi connectivity index (χ1n) is 5.16. The molecule has 0 fully saturated rings. The SMILES string of the molecule is PCCP.[Ir].[c-]1ccccc1-c1ccccn1. The van der Waals surface area contributed by atoms with Gasteiger partial charge in [-0.1, -0.05) is 12.1 Å². The van der Waals surface area contributed by atoms with Gasteiger partial charge in [-0.15, -0.1) is 54.4 Å². The second-order valence-corrected chi connectivity index (χ2v) is 4.22. The van der Waals surface area contributed by atoms with Crippen LogP contribution in [0.2, 0.25) is 0 Å². The van der Waals surface area contributed by atoms with Crippen LogP contribution in [0.5, 0.6) is 0 Å². The van der Waals surface area contributed by atoms with E-state index in [1.165, 1.54) is 12.3 Å². The molecular weight excluding hydrogens is 424 g/mol. The van der Waals surface area contributed by atoms with Gasteiger partial charge < -0.3 is 4.98 Å². The third-order valence-electron chi connectivity index (χ3n) is 1.82. The van der Waals surface area contributed by atoms with Crippen LogP contribution in [0.25, 0.3) is 11.3 Å². The molecule has 0 saturated heterocycles. The second kappa shape index (κ2) is 11.0. The summed E-state index contributed by atoms with van der Waals surface area (Å²) in [5.41, 5.74) is 2.01. The number of pyridine rings is 1. The minimum absolute atomic E-state index is 0. The summed E-state index contributed by atoms with van der Waals surface area (Å²) in [6, 6.07) is 16.8. The molecule has 4 heteroatoms. The van der Waals surface area contributed by atoms with E-state index in [0.717, 1.165) is 11.3 Å². The van der Waals surface area contributed by atoms with Crippen molar-refractivity contribution < 1.29 is 20.1 Å². The number of benzene rings is 1. The van der Waals surface area contributed by atoms with Crippen LogP contribution >= 0.6 is 18.5 Å². The summed E-state index contributed by atoms with van der Waals surface area (Å²) in [7, 11) is 5.27. The van der Waals surface area contributed by atoms with Crippen LogP contribution in [-0.4, -0.2) is 17.3 Å². The van der Waals surface area contributed by atoms with Crippen LogP contribution in [0.15, 0.2) is 48.7 Å². The third-order valence-corrected chi connectivity index (χ3v) is 3.15. The minimum Gasteiger partial charge on any atom is -0.305 e. The molecule has 2 unspecified atom stereocenters. The van der Waals surface area contributed by atoms with Crippen molar-refractivity contribution in [3.8, 4) is 11.3 Å². The second-order valence-electron chi connectivity index (χ2n) is 3.07. The molecule has 93 valence electrons. The first-order valence-corrected chi connectivity index (χ1v) is 6.80. The maximum absolute atomic E-state index is 4.22. The number of aromatic nitrogens is 1. The first kappa shape index (κ1) is 16.9. The zero-order valence-corrected chi connectivity index (χ0v) is 14.2. The van der Waals surface area contributed by atoms with Gasteiger partial charge >= 0.3 is 0 Å². The van der Waals surface area contributed by atoms with Gasteiger partial charge in [-0.3, -0.25) is 0 Å². The van der Waals surface area contributed by atoms with Crippen molar-refractivity contribution in [1.29, 1.82) is 0 Å². The predicted molar refractivity (Wildman–Crippen MR) is 77.7 cm³/mol. The Morgan fingerprint density at radius 2 is 1.71 bits per heavy atom. The molecule has 1 aromatic carbocycles. The van der Waals surface area contributed by atoms with Crippen molar-refractivity contribution in [2.45, 2.75) is 0 Å². The van der Waals surface area contributed by atoms with Gasteiger partial charge in [-0.05, 0) is 24.1 Å². The molecule has 2 atom stereocenters. The molecule has 0 aliphatic rings. The van der Waals surface area contributed by atoms with Crippen molar-refractivity contribution >= 4 is 18.5 Å². The molecule has 1 nitrogen and oxygen atoms in total. The zero-order chi connectivity index (χ0) is 11.6. The van der Waals surface area contributed by atoms with Gasteiger partial charge in [0.2, 0.25) is 0 Å². The predicted octanol–water partition coefficient (Wildman–Crippen LogP) is 3.28. The molecule has 17 heavy (non-hydrogen) atoms. The molecule has 0 aliphatic carbocycles. The Kier molecular flexibility index (Phi) is 10.9. The summed E-state index contributed by atoms with van der Waals surface area (Å²) in [6.45, 7) is 0. The molecule has 1 aromatic heterocycles. The molecule has 0 bridgehead atoms. The molecule has 1 radical (unpaired) electrons. The summed E-state index contributed by atoms with van der Waals surface area (Å²) >= 11 is 0. The van der Waals surface area contributed by atoms with Crippen molar-refractivity contribution in [2.75, 3.05) is 12.3 Å². The van der Waals surface area contributed by atoms with Crippen LogP contribution in [-0.2, 0) is 20.1 Å². The van der Waals surface area contributed by atoms with Crippen molar-refractivity contribution in [3.05, 3.63) is 54.7 Å². The van der Waals surface area contributed by atoms with Gasteiger partial charge in [0.05, 0.1) is 0 Å². The van der Waals surface area contributed by atoms with Crippen molar-refractivity contribution in [3.63, 3.8) is 0 Å². The van der Waals surface area contributed by atoms with E-state index < -0.39 is 0 Å². The van der Waals surface area contributed by atoms with Crippen molar-refractivity contribution in [2.24, 2.45) is 0 Å². The Hall–Kier alpha value is -0.121. The molecule has 0 spiro atoms. The van der Waals surface area contributed by atoms with E-state index in [2.05, 4.69) is 29.5 Å². The average molecular weight is 440 g/mol. The molecule has 0 saturated carbocycles.